The van der Waals surface area contributed by atoms with Crippen LogP contribution < -0.4 is 0 Å². The van der Waals surface area contributed by atoms with Crippen molar-refractivity contribution in [2.75, 3.05) is 0 Å². The van der Waals surface area contributed by atoms with Gasteiger partial charge in [0.2, 0.25) is 0 Å². The van der Waals surface area contributed by atoms with E-state index in [2.05, 4.69) is 4.98 Å². The molecule has 3 nitrogen and oxygen atoms in total. The first-order valence-corrected chi connectivity index (χ1v) is 6.72. The maximum absolute atomic E-state index is 13.0. The number of rotatable bonds is 1. The molecule has 0 aliphatic rings. The van der Waals surface area contributed by atoms with Crippen LogP contribution in [0.15, 0.2) is 54.7 Å². The largest absolute Gasteiger partial charge is 0.284 e. The quantitative estimate of drug-likeness (QED) is 0.526. The molecular weight excluding hydrogens is 265 g/mol. The van der Waals surface area contributed by atoms with Crippen LogP contribution in [-0.4, -0.2) is 14.4 Å². The van der Waals surface area contributed by atoms with Gasteiger partial charge in [0.1, 0.15) is 17.1 Å². The summed E-state index contributed by atoms with van der Waals surface area (Å²) in [4.78, 5) is 9.17. The molecule has 3 aromatic heterocycles. The third-order valence-electron chi connectivity index (χ3n) is 3.54. The summed E-state index contributed by atoms with van der Waals surface area (Å²) in [7, 11) is 0. The number of aryl methyl sites for hydroxylation is 1. The summed E-state index contributed by atoms with van der Waals surface area (Å²) in [5.74, 6) is -0.243. The number of hydrogen-bond acceptors (Lipinski definition) is 2. The van der Waals surface area contributed by atoms with Crippen LogP contribution >= 0.6 is 0 Å². The maximum Gasteiger partial charge on any atom is 0.146 e. The third-order valence-corrected chi connectivity index (χ3v) is 3.54. The average Bonchev–Trinajstić information content (AvgIpc) is 2.88. The molecule has 4 rings (SSSR count). The van der Waals surface area contributed by atoms with E-state index in [1.807, 2.05) is 41.8 Å². The molecule has 0 N–H and O–H groups in total. The molecule has 0 spiro atoms. The number of benzene rings is 1. The fourth-order valence-corrected chi connectivity index (χ4v) is 2.53. The molecule has 4 heteroatoms. The van der Waals surface area contributed by atoms with Crippen molar-refractivity contribution in [3.63, 3.8) is 0 Å². The van der Waals surface area contributed by atoms with Gasteiger partial charge in [-0.05, 0) is 55.5 Å². The molecular formula is C17H12FN3. The molecule has 102 valence electrons. The molecule has 0 saturated heterocycles. The predicted molar refractivity (Wildman–Crippen MR) is 80.6 cm³/mol. The van der Waals surface area contributed by atoms with E-state index in [1.165, 1.54) is 12.1 Å². The zero-order valence-electron chi connectivity index (χ0n) is 11.4. The Bertz CT molecular complexity index is 955. The Morgan fingerprint density at radius 3 is 2.48 bits per heavy atom. The molecule has 21 heavy (non-hydrogen) atoms. The average molecular weight is 277 g/mol. The summed E-state index contributed by atoms with van der Waals surface area (Å²) < 4.78 is 15.0. The summed E-state index contributed by atoms with van der Waals surface area (Å²) in [5, 5.41) is 1.05. The SMILES string of the molecule is Cc1cn2c(ccc3ccc(-c4ccc(F)cc4)nc32)n1. The van der Waals surface area contributed by atoms with Crippen LogP contribution in [0.4, 0.5) is 4.39 Å². The van der Waals surface area contributed by atoms with E-state index in [4.69, 9.17) is 4.98 Å². The molecule has 0 amide bonds. The number of halogens is 1. The first kappa shape index (κ1) is 12.0. The van der Waals surface area contributed by atoms with Gasteiger partial charge in [0, 0.05) is 17.1 Å². The van der Waals surface area contributed by atoms with Crippen LogP contribution in [0.2, 0.25) is 0 Å². The first-order chi connectivity index (χ1) is 10.2. The van der Waals surface area contributed by atoms with Crippen LogP contribution in [0.5, 0.6) is 0 Å². The number of imidazole rings is 1. The zero-order chi connectivity index (χ0) is 14.4. The van der Waals surface area contributed by atoms with E-state index >= 15 is 0 Å². The van der Waals surface area contributed by atoms with Crippen molar-refractivity contribution < 1.29 is 4.39 Å². The highest BCUT2D eigenvalue weighted by atomic mass is 19.1. The second-order valence-electron chi connectivity index (χ2n) is 5.06. The van der Waals surface area contributed by atoms with Gasteiger partial charge < -0.3 is 0 Å². The molecule has 0 aliphatic heterocycles. The highest BCUT2D eigenvalue weighted by Gasteiger charge is 2.06. The van der Waals surface area contributed by atoms with E-state index in [-0.39, 0.29) is 5.82 Å². The Balaban J connectivity index is 1.99. The smallest absolute Gasteiger partial charge is 0.146 e. The summed E-state index contributed by atoms with van der Waals surface area (Å²) >= 11 is 0. The van der Waals surface area contributed by atoms with Crippen LogP contribution in [0.25, 0.3) is 27.9 Å². The second kappa shape index (κ2) is 4.38. The summed E-state index contributed by atoms with van der Waals surface area (Å²) in [6, 6.07) is 14.3. The first-order valence-electron chi connectivity index (χ1n) is 6.72. The lowest BCUT2D eigenvalue weighted by Crippen LogP contribution is -1.92. The standard InChI is InChI=1S/C17H12FN3/c1-11-10-21-16(19-11)9-5-13-4-8-15(20-17(13)21)12-2-6-14(18)7-3-12/h2-10H,1H3. The fourth-order valence-electron chi connectivity index (χ4n) is 2.53. The maximum atomic E-state index is 13.0. The van der Waals surface area contributed by atoms with Crippen molar-refractivity contribution in [3.8, 4) is 11.3 Å². The van der Waals surface area contributed by atoms with E-state index < -0.39 is 0 Å². The highest BCUT2D eigenvalue weighted by Crippen LogP contribution is 2.22. The molecule has 0 unspecified atom stereocenters. The monoisotopic (exact) mass is 277 g/mol. The van der Waals surface area contributed by atoms with Gasteiger partial charge in [-0.25, -0.2) is 14.4 Å². The lowest BCUT2D eigenvalue weighted by atomic mass is 10.1. The molecule has 0 aliphatic carbocycles. The van der Waals surface area contributed by atoms with E-state index in [1.54, 1.807) is 12.1 Å². The summed E-state index contributed by atoms with van der Waals surface area (Å²) in [5.41, 5.74) is 4.41. The van der Waals surface area contributed by atoms with Crippen LogP contribution in [0.1, 0.15) is 5.69 Å². The zero-order valence-corrected chi connectivity index (χ0v) is 11.4. The van der Waals surface area contributed by atoms with Crippen molar-refractivity contribution in [1.29, 1.82) is 0 Å². The van der Waals surface area contributed by atoms with Gasteiger partial charge in [-0.3, -0.25) is 4.40 Å². The van der Waals surface area contributed by atoms with Crippen molar-refractivity contribution in [2.24, 2.45) is 0 Å². The number of aromatic nitrogens is 3. The molecule has 0 atom stereocenters. The Labute approximate surface area is 120 Å². The normalized spacial score (nSPS) is 11.3. The minimum atomic E-state index is -0.243. The van der Waals surface area contributed by atoms with Crippen LogP contribution in [0, 0.1) is 12.7 Å². The van der Waals surface area contributed by atoms with Gasteiger partial charge in [0.05, 0.1) is 11.4 Å². The molecule has 0 radical (unpaired) electrons. The summed E-state index contributed by atoms with van der Waals surface area (Å²) in [6.07, 6.45) is 1.97. The van der Waals surface area contributed by atoms with Crippen molar-refractivity contribution in [1.82, 2.24) is 14.4 Å². The Morgan fingerprint density at radius 1 is 0.905 bits per heavy atom. The van der Waals surface area contributed by atoms with Gasteiger partial charge in [-0.1, -0.05) is 0 Å². The van der Waals surface area contributed by atoms with E-state index in [9.17, 15) is 4.39 Å². The topological polar surface area (TPSA) is 30.2 Å². The highest BCUT2D eigenvalue weighted by molar-refractivity contribution is 5.81. The second-order valence-corrected chi connectivity index (χ2v) is 5.06. The van der Waals surface area contributed by atoms with Crippen LogP contribution in [-0.2, 0) is 0 Å². The lowest BCUT2D eigenvalue weighted by molar-refractivity contribution is 0.628. The van der Waals surface area contributed by atoms with Gasteiger partial charge in [0.25, 0.3) is 0 Å². The van der Waals surface area contributed by atoms with E-state index in [0.717, 1.165) is 33.6 Å². The molecule has 0 saturated carbocycles. The van der Waals surface area contributed by atoms with Crippen LogP contribution in [0.3, 0.4) is 0 Å². The minimum Gasteiger partial charge on any atom is -0.284 e. The van der Waals surface area contributed by atoms with E-state index in [0.29, 0.717) is 0 Å². The number of nitrogens with zero attached hydrogens (tertiary/aromatic N) is 3. The molecule has 0 fully saturated rings. The van der Waals surface area contributed by atoms with Gasteiger partial charge >= 0.3 is 0 Å². The number of pyridine rings is 2. The lowest BCUT2D eigenvalue weighted by Gasteiger charge is -2.05. The van der Waals surface area contributed by atoms with Gasteiger partial charge in [-0.15, -0.1) is 0 Å². The van der Waals surface area contributed by atoms with Crippen molar-refractivity contribution >= 4 is 16.7 Å². The fraction of sp³-hybridized carbons (Fsp3) is 0.0588. The number of hydrogen-bond donors (Lipinski definition) is 0. The molecule has 1 aromatic carbocycles. The van der Waals surface area contributed by atoms with Crippen molar-refractivity contribution in [3.05, 3.63) is 66.2 Å². The van der Waals surface area contributed by atoms with Gasteiger partial charge in [0.15, 0.2) is 0 Å². The van der Waals surface area contributed by atoms with Gasteiger partial charge in [-0.2, -0.15) is 0 Å². The predicted octanol–water partition coefficient (Wildman–Crippen LogP) is 4.00. The molecule has 3 heterocycles. The number of fused-ring (bicyclic) bond motifs is 3. The Morgan fingerprint density at radius 2 is 1.67 bits per heavy atom. The Hall–Kier alpha value is -2.75. The minimum absolute atomic E-state index is 0.243. The van der Waals surface area contributed by atoms with Crippen molar-refractivity contribution in [2.45, 2.75) is 6.92 Å². The summed E-state index contributed by atoms with van der Waals surface area (Å²) in [6.45, 7) is 1.96. The molecule has 0 bridgehead atoms. The Kier molecular flexibility index (Phi) is 2.51. The molecule has 4 aromatic rings. The third kappa shape index (κ3) is 1.96.